The molecule has 0 aliphatic rings. The van der Waals surface area contributed by atoms with Crippen molar-refractivity contribution in [1.82, 2.24) is 0 Å². The zero-order valence-corrected chi connectivity index (χ0v) is 8.69. The van der Waals surface area contributed by atoms with Crippen molar-refractivity contribution in [3.8, 4) is 11.9 Å². The average Bonchev–Trinajstić information content (AvgIpc) is 2.16. The third-order valence-corrected chi connectivity index (χ3v) is 1.74. The average molecular weight is 190 g/mol. The SMILES string of the molecule is CC(C)Oc1ccccc1N(C)C#N. The van der Waals surface area contributed by atoms with Gasteiger partial charge in [-0.1, -0.05) is 12.1 Å². The maximum Gasteiger partial charge on any atom is 0.184 e. The fraction of sp³-hybridized carbons (Fsp3) is 0.364. The molecule has 0 bridgehead atoms. The fourth-order valence-corrected chi connectivity index (χ4v) is 1.14. The largest absolute Gasteiger partial charge is 0.489 e. The standard InChI is InChI=1S/C11H14N2O/c1-9(2)14-11-7-5-4-6-10(11)13(3)8-12/h4-7,9H,1-3H3. The van der Waals surface area contributed by atoms with Gasteiger partial charge in [0.15, 0.2) is 6.19 Å². The van der Waals surface area contributed by atoms with Gasteiger partial charge in [-0.25, -0.2) is 0 Å². The maximum absolute atomic E-state index is 8.77. The lowest BCUT2D eigenvalue weighted by atomic mass is 10.2. The minimum atomic E-state index is 0.114. The Balaban J connectivity index is 2.98. The molecular weight excluding hydrogens is 176 g/mol. The third-order valence-electron chi connectivity index (χ3n) is 1.74. The zero-order valence-electron chi connectivity index (χ0n) is 8.69. The van der Waals surface area contributed by atoms with Crippen LogP contribution < -0.4 is 9.64 Å². The maximum atomic E-state index is 8.77. The van der Waals surface area contributed by atoms with Gasteiger partial charge in [0.25, 0.3) is 0 Å². The zero-order chi connectivity index (χ0) is 10.6. The van der Waals surface area contributed by atoms with Gasteiger partial charge in [-0.2, -0.15) is 5.26 Å². The van der Waals surface area contributed by atoms with Gasteiger partial charge < -0.3 is 4.74 Å². The van der Waals surface area contributed by atoms with Gasteiger partial charge in [-0.05, 0) is 26.0 Å². The normalized spacial score (nSPS) is 9.64. The summed E-state index contributed by atoms with van der Waals surface area (Å²) in [4.78, 5) is 1.48. The summed E-state index contributed by atoms with van der Waals surface area (Å²) < 4.78 is 5.58. The van der Waals surface area contributed by atoms with Crippen LogP contribution in [0.1, 0.15) is 13.8 Å². The number of hydrogen-bond acceptors (Lipinski definition) is 3. The van der Waals surface area contributed by atoms with Crippen LogP contribution in [0.2, 0.25) is 0 Å². The lowest BCUT2D eigenvalue weighted by Crippen LogP contribution is -2.12. The highest BCUT2D eigenvalue weighted by Crippen LogP contribution is 2.27. The van der Waals surface area contributed by atoms with Gasteiger partial charge in [0, 0.05) is 7.05 Å². The Morgan fingerprint density at radius 2 is 2.00 bits per heavy atom. The van der Waals surface area contributed by atoms with Gasteiger partial charge in [-0.15, -0.1) is 0 Å². The van der Waals surface area contributed by atoms with E-state index in [-0.39, 0.29) is 6.10 Å². The lowest BCUT2D eigenvalue weighted by molar-refractivity contribution is 0.243. The number of nitriles is 1. The molecule has 14 heavy (non-hydrogen) atoms. The molecular formula is C11H14N2O. The van der Waals surface area contributed by atoms with Crippen LogP contribution in [0, 0.1) is 11.5 Å². The minimum Gasteiger partial charge on any atom is -0.489 e. The number of para-hydroxylation sites is 2. The van der Waals surface area contributed by atoms with E-state index in [1.165, 1.54) is 4.90 Å². The molecule has 3 nitrogen and oxygen atoms in total. The molecule has 0 saturated carbocycles. The number of ether oxygens (including phenoxy) is 1. The van der Waals surface area contributed by atoms with E-state index in [9.17, 15) is 0 Å². The Kier molecular flexibility index (Phi) is 3.35. The van der Waals surface area contributed by atoms with Gasteiger partial charge in [0.05, 0.1) is 11.8 Å². The summed E-state index contributed by atoms with van der Waals surface area (Å²) in [7, 11) is 1.71. The monoisotopic (exact) mass is 190 g/mol. The van der Waals surface area contributed by atoms with Crippen molar-refractivity contribution < 1.29 is 4.74 Å². The molecule has 0 amide bonds. The molecule has 0 atom stereocenters. The van der Waals surface area contributed by atoms with Crippen LogP contribution in [0.3, 0.4) is 0 Å². The summed E-state index contributed by atoms with van der Waals surface area (Å²) in [6.07, 6.45) is 2.16. The van der Waals surface area contributed by atoms with Crippen LogP contribution in [0.25, 0.3) is 0 Å². The van der Waals surface area contributed by atoms with E-state index in [0.29, 0.717) is 0 Å². The Bertz CT molecular complexity index is 341. The van der Waals surface area contributed by atoms with E-state index < -0.39 is 0 Å². The van der Waals surface area contributed by atoms with Gasteiger partial charge in [0.1, 0.15) is 5.75 Å². The molecule has 1 aromatic rings. The van der Waals surface area contributed by atoms with Gasteiger partial charge in [0.2, 0.25) is 0 Å². The predicted octanol–water partition coefficient (Wildman–Crippen LogP) is 2.39. The van der Waals surface area contributed by atoms with E-state index in [4.69, 9.17) is 10.00 Å². The number of nitrogens with zero attached hydrogens (tertiary/aromatic N) is 2. The number of anilines is 1. The predicted molar refractivity (Wildman–Crippen MR) is 56.2 cm³/mol. The number of rotatable bonds is 3. The van der Waals surface area contributed by atoms with Crippen molar-refractivity contribution in [3.05, 3.63) is 24.3 Å². The summed E-state index contributed by atoms with van der Waals surface area (Å²) in [5.74, 6) is 0.742. The summed E-state index contributed by atoms with van der Waals surface area (Å²) in [6.45, 7) is 3.92. The molecule has 0 unspecified atom stereocenters. The Morgan fingerprint density at radius 3 is 2.57 bits per heavy atom. The molecule has 0 aliphatic heterocycles. The molecule has 0 radical (unpaired) electrons. The Hall–Kier alpha value is -1.69. The summed E-state index contributed by atoms with van der Waals surface area (Å²) in [6, 6.07) is 7.51. The first-order valence-corrected chi connectivity index (χ1v) is 4.54. The molecule has 0 fully saturated rings. The Morgan fingerprint density at radius 1 is 1.36 bits per heavy atom. The molecule has 0 aliphatic carbocycles. The summed E-state index contributed by atoms with van der Waals surface area (Å²) in [5, 5.41) is 8.77. The van der Waals surface area contributed by atoms with Crippen LogP contribution in [0.4, 0.5) is 5.69 Å². The highest BCUT2D eigenvalue weighted by Gasteiger charge is 2.07. The van der Waals surface area contributed by atoms with E-state index in [1.807, 2.05) is 44.3 Å². The van der Waals surface area contributed by atoms with Crippen LogP contribution in [-0.2, 0) is 0 Å². The highest BCUT2D eigenvalue weighted by atomic mass is 16.5. The van der Waals surface area contributed by atoms with E-state index in [0.717, 1.165) is 11.4 Å². The third kappa shape index (κ3) is 2.40. The molecule has 74 valence electrons. The van der Waals surface area contributed by atoms with Crippen molar-refractivity contribution in [1.29, 1.82) is 5.26 Å². The van der Waals surface area contributed by atoms with Crippen molar-refractivity contribution in [2.75, 3.05) is 11.9 Å². The summed E-state index contributed by atoms with van der Waals surface area (Å²) in [5.41, 5.74) is 0.795. The van der Waals surface area contributed by atoms with Crippen LogP contribution in [-0.4, -0.2) is 13.2 Å². The van der Waals surface area contributed by atoms with Crippen LogP contribution in [0.15, 0.2) is 24.3 Å². The minimum absolute atomic E-state index is 0.114. The molecule has 0 saturated heterocycles. The fourth-order valence-electron chi connectivity index (χ4n) is 1.14. The first-order chi connectivity index (χ1) is 6.65. The number of hydrogen-bond donors (Lipinski definition) is 0. The molecule has 0 spiro atoms. The van der Waals surface area contributed by atoms with Crippen molar-refractivity contribution >= 4 is 5.69 Å². The van der Waals surface area contributed by atoms with E-state index in [1.54, 1.807) is 7.05 Å². The van der Waals surface area contributed by atoms with Crippen LogP contribution in [0.5, 0.6) is 5.75 Å². The Labute approximate surface area is 84.5 Å². The first-order valence-electron chi connectivity index (χ1n) is 4.54. The van der Waals surface area contributed by atoms with Crippen molar-refractivity contribution in [2.24, 2.45) is 0 Å². The molecule has 3 heteroatoms. The molecule has 0 N–H and O–H groups in total. The molecule has 1 aromatic carbocycles. The van der Waals surface area contributed by atoms with Crippen LogP contribution >= 0.6 is 0 Å². The topological polar surface area (TPSA) is 36.3 Å². The van der Waals surface area contributed by atoms with E-state index in [2.05, 4.69) is 0 Å². The molecule has 1 rings (SSSR count). The molecule has 0 aromatic heterocycles. The smallest absolute Gasteiger partial charge is 0.184 e. The number of benzene rings is 1. The van der Waals surface area contributed by atoms with Crippen molar-refractivity contribution in [3.63, 3.8) is 0 Å². The molecule has 0 heterocycles. The second-order valence-corrected chi connectivity index (χ2v) is 3.29. The lowest BCUT2D eigenvalue weighted by Gasteiger charge is -2.16. The second-order valence-electron chi connectivity index (χ2n) is 3.29. The second kappa shape index (κ2) is 4.52. The summed E-state index contributed by atoms with van der Waals surface area (Å²) >= 11 is 0. The first kappa shape index (κ1) is 10.4. The van der Waals surface area contributed by atoms with Gasteiger partial charge >= 0.3 is 0 Å². The van der Waals surface area contributed by atoms with Crippen molar-refractivity contribution in [2.45, 2.75) is 20.0 Å². The quantitative estimate of drug-likeness (QED) is 0.542. The van der Waals surface area contributed by atoms with E-state index >= 15 is 0 Å². The highest BCUT2D eigenvalue weighted by molar-refractivity contribution is 5.60. The van der Waals surface area contributed by atoms with Gasteiger partial charge in [-0.3, -0.25) is 4.90 Å².